The Balaban J connectivity index is 3.08. The molecule has 0 aromatic carbocycles. The van der Waals surface area contributed by atoms with Crippen LogP contribution in [0.3, 0.4) is 0 Å². The largest absolute Gasteiger partial charge is 0.271 e. The van der Waals surface area contributed by atoms with Gasteiger partial charge in [-0.2, -0.15) is 0 Å². The SMILES string of the molecule is C=CC(CCCCCCCCC)NN. The summed E-state index contributed by atoms with van der Waals surface area (Å²) in [6.07, 6.45) is 12.5. The summed E-state index contributed by atoms with van der Waals surface area (Å²) < 4.78 is 0. The van der Waals surface area contributed by atoms with E-state index in [9.17, 15) is 0 Å². The molecule has 0 aromatic heterocycles. The molecule has 0 fully saturated rings. The van der Waals surface area contributed by atoms with Crippen molar-refractivity contribution in [2.45, 2.75) is 64.3 Å². The molecule has 0 saturated heterocycles. The van der Waals surface area contributed by atoms with Crippen LogP contribution in [-0.4, -0.2) is 6.04 Å². The lowest BCUT2D eigenvalue weighted by atomic mass is 10.1. The minimum absolute atomic E-state index is 0.297. The molecule has 0 radical (unpaired) electrons. The van der Waals surface area contributed by atoms with Crippen molar-refractivity contribution < 1.29 is 0 Å². The third-order valence-electron chi connectivity index (χ3n) is 2.62. The number of unbranched alkanes of at least 4 members (excludes halogenated alkanes) is 6. The van der Waals surface area contributed by atoms with Gasteiger partial charge >= 0.3 is 0 Å². The minimum atomic E-state index is 0.297. The first-order chi connectivity index (χ1) is 6.85. The van der Waals surface area contributed by atoms with Gasteiger partial charge in [-0.25, -0.2) is 0 Å². The number of hydrogen-bond acceptors (Lipinski definition) is 2. The van der Waals surface area contributed by atoms with Gasteiger partial charge in [-0.05, 0) is 6.42 Å². The van der Waals surface area contributed by atoms with Crippen LogP contribution in [0.1, 0.15) is 58.3 Å². The van der Waals surface area contributed by atoms with Crippen LogP contribution in [0.25, 0.3) is 0 Å². The summed E-state index contributed by atoms with van der Waals surface area (Å²) in [5.41, 5.74) is 2.74. The molecule has 0 bridgehead atoms. The predicted octanol–water partition coefficient (Wildman–Crippen LogP) is 3.15. The van der Waals surface area contributed by atoms with E-state index in [2.05, 4.69) is 18.9 Å². The van der Waals surface area contributed by atoms with Crippen LogP contribution in [0.15, 0.2) is 12.7 Å². The number of hydrogen-bond donors (Lipinski definition) is 2. The third kappa shape index (κ3) is 8.27. The second-order valence-electron chi connectivity index (χ2n) is 3.92. The average Bonchev–Trinajstić information content (AvgIpc) is 2.22. The second-order valence-corrected chi connectivity index (χ2v) is 3.92. The Morgan fingerprint density at radius 2 is 1.71 bits per heavy atom. The molecule has 0 saturated carbocycles. The number of nitrogens with two attached hydrogens (primary N) is 1. The lowest BCUT2D eigenvalue weighted by molar-refractivity contribution is 0.517. The van der Waals surface area contributed by atoms with Crippen molar-refractivity contribution in [3.05, 3.63) is 12.7 Å². The molecule has 0 heterocycles. The zero-order valence-corrected chi connectivity index (χ0v) is 9.60. The molecule has 2 heteroatoms. The molecule has 0 rings (SSSR count). The highest BCUT2D eigenvalue weighted by molar-refractivity contribution is 4.83. The van der Waals surface area contributed by atoms with E-state index in [4.69, 9.17) is 5.84 Å². The van der Waals surface area contributed by atoms with E-state index in [1.165, 1.54) is 44.9 Å². The monoisotopic (exact) mass is 198 g/mol. The van der Waals surface area contributed by atoms with Gasteiger partial charge in [0.15, 0.2) is 0 Å². The molecule has 2 nitrogen and oxygen atoms in total. The van der Waals surface area contributed by atoms with Gasteiger partial charge in [-0.1, -0.05) is 57.9 Å². The number of nitrogens with one attached hydrogen (secondary N) is 1. The fraction of sp³-hybridized carbons (Fsp3) is 0.833. The second kappa shape index (κ2) is 10.7. The molecule has 1 atom stereocenters. The van der Waals surface area contributed by atoms with E-state index >= 15 is 0 Å². The molecule has 0 aliphatic heterocycles. The van der Waals surface area contributed by atoms with Crippen molar-refractivity contribution in [1.82, 2.24) is 5.43 Å². The highest BCUT2D eigenvalue weighted by atomic mass is 15.2. The highest BCUT2D eigenvalue weighted by Gasteiger charge is 1.99. The first-order valence-electron chi connectivity index (χ1n) is 5.93. The lowest BCUT2D eigenvalue weighted by Gasteiger charge is -2.09. The van der Waals surface area contributed by atoms with Gasteiger partial charge in [0.05, 0.1) is 0 Å². The molecule has 0 aliphatic rings. The van der Waals surface area contributed by atoms with E-state index in [1.807, 2.05) is 6.08 Å². The van der Waals surface area contributed by atoms with Crippen LogP contribution >= 0.6 is 0 Å². The summed E-state index contributed by atoms with van der Waals surface area (Å²) >= 11 is 0. The van der Waals surface area contributed by atoms with E-state index < -0.39 is 0 Å². The van der Waals surface area contributed by atoms with Crippen molar-refractivity contribution in [3.63, 3.8) is 0 Å². The Kier molecular flexibility index (Phi) is 10.5. The van der Waals surface area contributed by atoms with Crippen molar-refractivity contribution in [3.8, 4) is 0 Å². The van der Waals surface area contributed by atoms with Crippen molar-refractivity contribution in [2.24, 2.45) is 5.84 Å². The quantitative estimate of drug-likeness (QED) is 0.245. The van der Waals surface area contributed by atoms with Gasteiger partial charge in [0, 0.05) is 6.04 Å². The van der Waals surface area contributed by atoms with Crippen LogP contribution in [0.5, 0.6) is 0 Å². The molecule has 0 aliphatic carbocycles. The maximum absolute atomic E-state index is 5.34. The average molecular weight is 198 g/mol. The molecule has 0 spiro atoms. The molecule has 14 heavy (non-hydrogen) atoms. The zero-order chi connectivity index (χ0) is 10.6. The topological polar surface area (TPSA) is 38.0 Å². The molecule has 0 amide bonds. The fourth-order valence-electron chi connectivity index (χ4n) is 1.59. The molecule has 3 N–H and O–H groups in total. The normalized spacial score (nSPS) is 12.7. The zero-order valence-electron chi connectivity index (χ0n) is 9.60. The molecular weight excluding hydrogens is 172 g/mol. The van der Waals surface area contributed by atoms with Crippen LogP contribution in [0.4, 0.5) is 0 Å². The summed E-state index contributed by atoms with van der Waals surface area (Å²) in [5, 5.41) is 0. The van der Waals surface area contributed by atoms with Gasteiger partial charge in [0.25, 0.3) is 0 Å². The van der Waals surface area contributed by atoms with Crippen LogP contribution < -0.4 is 11.3 Å². The first-order valence-corrected chi connectivity index (χ1v) is 5.93. The van der Waals surface area contributed by atoms with Crippen LogP contribution in [-0.2, 0) is 0 Å². The smallest absolute Gasteiger partial charge is 0.0387 e. The minimum Gasteiger partial charge on any atom is -0.271 e. The van der Waals surface area contributed by atoms with Gasteiger partial charge in [-0.3, -0.25) is 11.3 Å². The maximum Gasteiger partial charge on any atom is 0.0387 e. The summed E-state index contributed by atoms with van der Waals surface area (Å²) in [4.78, 5) is 0. The highest BCUT2D eigenvalue weighted by Crippen LogP contribution is 2.09. The molecule has 84 valence electrons. The summed E-state index contributed by atoms with van der Waals surface area (Å²) in [7, 11) is 0. The predicted molar refractivity (Wildman–Crippen MR) is 63.9 cm³/mol. The van der Waals surface area contributed by atoms with Gasteiger partial charge < -0.3 is 0 Å². The lowest BCUT2D eigenvalue weighted by Crippen LogP contribution is -2.33. The van der Waals surface area contributed by atoms with Gasteiger partial charge in [0.2, 0.25) is 0 Å². The summed E-state index contributed by atoms with van der Waals surface area (Å²) in [5.74, 6) is 5.34. The molecular formula is C12H26N2. The first kappa shape index (κ1) is 13.7. The Bertz CT molecular complexity index is 123. The van der Waals surface area contributed by atoms with E-state index in [0.717, 1.165) is 6.42 Å². The summed E-state index contributed by atoms with van der Waals surface area (Å²) in [6.45, 7) is 5.98. The van der Waals surface area contributed by atoms with Crippen LogP contribution in [0.2, 0.25) is 0 Å². The Morgan fingerprint density at radius 3 is 2.21 bits per heavy atom. The maximum atomic E-state index is 5.34. The van der Waals surface area contributed by atoms with E-state index in [1.54, 1.807) is 0 Å². The molecule has 1 unspecified atom stereocenters. The number of rotatable bonds is 10. The Labute approximate surface area is 88.9 Å². The summed E-state index contributed by atoms with van der Waals surface area (Å²) in [6, 6.07) is 0.297. The Hall–Kier alpha value is -0.340. The van der Waals surface area contributed by atoms with Crippen molar-refractivity contribution >= 4 is 0 Å². The third-order valence-corrected chi connectivity index (χ3v) is 2.62. The Morgan fingerprint density at radius 1 is 1.14 bits per heavy atom. The molecule has 0 aromatic rings. The van der Waals surface area contributed by atoms with E-state index in [-0.39, 0.29) is 0 Å². The van der Waals surface area contributed by atoms with Crippen LogP contribution in [0, 0.1) is 0 Å². The van der Waals surface area contributed by atoms with Gasteiger partial charge in [0.1, 0.15) is 0 Å². The van der Waals surface area contributed by atoms with Crippen molar-refractivity contribution in [1.29, 1.82) is 0 Å². The van der Waals surface area contributed by atoms with Gasteiger partial charge in [-0.15, -0.1) is 6.58 Å². The van der Waals surface area contributed by atoms with Crippen molar-refractivity contribution in [2.75, 3.05) is 0 Å². The van der Waals surface area contributed by atoms with E-state index in [0.29, 0.717) is 6.04 Å². The fourth-order valence-corrected chi connectivity index (χ4v) is 1.59. The number of hydrazine groups is 1. The standard InChI is InChI=1S/C12H26N2/c1-3-5-6-7-8-9-10-11-12(4-2)14-13/h4,12,14H,2-3,5-11,13H2,1H3.